The van der Waals surface area contributed by atoms with E-state index in [1.54, 1.807) is 29.3 Å². The number of aromatic nitrogens is 7. The smallest absolute Gasteiger partial charge is 0.240 e. The lowest BCUT2D eigenvalue weighted by atomic mass is 10.1. The van der Waals surface area contributed by atoms with Gasteiger partial charge in [-0.05, 0) is 36.8 Å². The van der Waals surface area contributed by atoms with Gasteiger partial charge in [0.2, 0.25) is 17.2 Å². The fourth-order valence-corrected chi connectivity index (χ4v) is 3.00. The largest absolute Gasteiger partial charge is 0.437 e. The fourth-order valence-electron chi connectivity index (χ4n) is 3.00. The first-order chi connectivity index (χ1) is 13.7. The molecule has 0 N–H and O–H groups in total. The van der Waals surface area contributed by atoms with Gasteiger partial charge in [0, 0.05) is 29.5 Å². The Balaban J connectivity index is 1.47. The fraction of sp³-hybridized carbons (Fsp3) is 0.100. The van der Waals surface area contributed by atoms with Gasteiger partial charge in [-0.2, -0.15) is 4.98 Å². The van der Waals surface area contributed by atoms with Crippen LogP contribution >= 0.6 is 0 Å². The summed E-state index contributed by atoms with van der Waals surface area (Å²) >= 11 is 0. The Kier molecular flexibility index (Phi) is 3.86. The van der Waals surface area contributed by atoms with Crippen LogP contribution in [0, 0.1) is 6.92 Å². The van der Waals surface area contributed by atoms with E-state index in [2.05, 4.69) is 36.3 Å². The van der Waals surface area contributed by atoms with Gasteiger partial charge in [-0.1, -0.05) is 17.3 Å². The van der Waals surface area contributed by atoms with Crippen LogP contribution in [0.25, 0.3) is 22.2 Å². The van der Waals surface area contributed by atoms with Gasteiger partial charge in [-0.3, -0.25) is 9.97 Å². The molecule has 136 valence electrons. The number of aryl methyl sites for hydroxylation is 1. The van der Waals surface area contributed by atoms with Gasteiger partial charge in [-0.25, -0.2) is 9.67 Å². The van der Waals surface area contributed by atoms with E-state index in [9.17, 15) is 0 Å². The molecule has 4 aromatic heterocycles. The van der Waals surface area contributed by atoms with Crippen molar-refractivity contribution in [2.24, 2.45) is 0 Å². The minimum Gasteiger partial charge on any atom is -0.437 e. The average Bonchev–Trinajstić information content (AvgIpc) is 3.10. The molecule has 0 saturated carbocycles. The molecule has 0 saturated heterocycles. The molecule has 0 aliphatic heterocycles. The lowest BCUT2D eigenvalue weighted by molar-refractivity contribution is 0.460. The molecule has 0 atom stereocenters. The summed E-state index contributed by atoms with van der Waals surface area (Å²) in [6, 6.07) is 13.7. The Labute approximate surface area is 159 Å². The molecule has 0 amide bonds. The van der Waals surface area contributed by atoms with Crippen molar-refractivity contribution in [1.29, 1.82) is 0 Å². The van der Waals surface area contributed by atoms with E-state index < -0.39 is 0 Å². The second kappa shape index (κ2) is 6.66. The maximum atomic E-state index is 5.81. The zero-order valence-electron chi connectivity index (χ0n) is 15.0. The summed E-state index contributed by atoms with van der Waals surface area (Å²) < 4.78 is 7.52. The van der Waals surface area contributed by atoms with Crippen LogP contribution in [0.15, 0.2) is 61.1 Å². The maximum absolute atomic E-state index is 5.81. The topological polar surface area (TPSA) is 91.5 Å². The van der Waals surface area contributed by atoms with E-state index in [0.717, 1.165) is 22.2 Å². The minimum absolute atomic E-state index is 0.379. The number of fused-ring (bicyclic) bond motifs is 2. The highest BCUT2D eigenvalue weighted by molar-refractivity contribution is 5.79. The monoisotopic (exact) mass is 369 g/mol. The molecule has 8 heteroatoms. The van der Waals surface area contributed by atoms with Gasteiger partial charge >= 0.3 is 0 Å². The lowest BCUT2D eigenvalue weighted by Crippen LogP contribution is -2.03. The van der Waals surface area contributed by atoms with Gasteiger partial charge in [0.05, 0.1) is 18.3 Å². The first-order valence-electron chi connectivity index (χ1n) is 8.75. The predicted molar refractivity (Wildman–Crippen MR) is 103 cm³/mol. The van der Waals surface area contributed by atoms with Crippen molar-refractivity contribution in [3.63, 3.8) is 0 Å². The van der Waals surface area contributed by atoms with Crippen molar-refractivity contribution in [2.75, 3.05) is 0 Å². The van der Waals surface area contributed by atoms with Crippen molar-refractivity contribution >= 4 is 22.2 Å². The molecule has 1 aromatic carbocycles. The van der Waals surface area contributed by atoms with Gasteiger partial charge in [0.1, 0.15) is 5.75 Å². The summed E-state index contributed by atoms with van der Waals surface area (Å²) in [6.45, 7) is 2.42. The van der Waals surface area contributed by atoms with Crippen LogP contribution in [0.5, 0.6) is 11.6 Å². The Bertz CT molecular complexity index is 1300. The minimum atomic E-state index is 0.379. The second-order valence-electron chi connectivity index (χ2n) is 6.37. The van der Waals surface area contributed by atoms with Crippen molar-refractivity contribution in [3.05, 3.63) is 72.3 Å². The number of benzene rings is 1. The van der Waals surface area contributed by atoms with Crippen LogP contribution in [0.4, 0.5) is 0 Å². The maximum Gasteiger partial charge on any atom is 0.240 e. The lowest BCUT2D eigenvalue weighted by Gasteiger charge is -2.06. The molecule has 8 nitrogen and oxygen atoms in total. The third-order valence-corrected chi connectivity index (χ3v) is 4.30. The Morgan fingerprint density at radius 3 is 2.89 bits per heavy atom. The van der Waals surface area contributed by atoms with Gasteiger partial charge in [-0.15, -0.1) is 5.10 Å². The van der Waals surface area contributed by atoms with E-state index in [1.807, 2.05) is 37.3 Å². The average molecular weight is 369 g/mol. The Morgan fingerprint density at radius 2 is 1.96 bits per heavy atom. The molecular formula is C20H15N7O. The van der Waals surface area contributed by atoms with E-state index in [4.69, 9.17) is 4.74 Å². The van der Waals surface area contributed by atoms with Crippen molar-refractivity contribution in [1.82, 2.24) is 34.9 Å². The summed E-state index contributed by atoms with van der Waals surface area (Å²) in [5, 5.41) is 9.37. The normalized spacial score (nSPS) is 11.2. The number of rotatable bonds is 4. The van der Waals surface area contributed by atoms with E-state index in [-0.39, 0.29) is 0 Å². The van der Waals surface area contributed by atoms with E-state index in [1.165, 1.54) is 0 Å². The molecule has 5 aromatic rings. The zero-order chi connectivity index (χ0) is 18.9. The van der Waals surface area contributed by atoms with E-state index in [0.29, 0.717) is 29.5 Å². The molecule has 28 heavy (non-hydrogen) atoms. The van der Waals surface area contributed by atoms with Gasteiger partial charge < -0.3 is 4.74 Å². The SMILES string of the molecule is Cc1cc(Oc2cnc3nnn(Cc4ccc5ncccc5c4)c3n2)ccn1. The first-order valence-corrected chi connectivity index (χ1v) is 8.75. The molecule has 4 heterocycles. The van der Waals surface area contributed by atoms with Crippen LogP contribution in [-0.4, -0.2) is 34.9 Å². The molecule has 0 aliphatic rings. The summed E-state index contributed by atoms with van der Waals surface area (Å²) in [5.74, 6) is 1.03. The second-order valence-corrected chi connectivity index (χ2v) is 6.37. The molecule has 0 spiro atoms. The highest BCUT2D eigenvalue weighted by Gasteiger charge is 2.11. The number of ether oxygens (including phenoxy) is 1. The molecule has 0 radical (unpaired) electrons. The summed E-state index contributed by atoms with van der Waals surface area (Å²) in [6.07, 6.45) is 5.02. The van der Waals surface area contributed by atoms with Crippen LogP contribution in [0.1, 0.15) is 11.3 Å². The molecule has 0 unspecified atom stereocenters. The number of pyridine rings is 2. The Hall–Kier alpha value is -3.94. The molecule has 0 fully saturated rings. The van der Waals surface area contributed by atoms with Crippen LogP contribution < -0.4 is 4.74 Å². The van der Waals surface area contributed by atoms with Crippen LogP contribution in [0.2, 0.25) is 0 Å². The zero-order valence-corrected chi connectivity index (χ0v) is 15.0. The van der Waals surface area contributed by atoms with E-state index >= 15 is 0 Å². The summed E-state index contributed by atoms with van der Waals surface area (Å²) in [7, 11) is 0. The van der Waals surface area contributed by atoms with Crippen molar-refractivity contribution < 1.29 is 4.74 Å². The first kappa shape index (κ1) is 16.2. The molecule has 5 rings (SSSR count). The van der Waals surface area contributed by atoms with Crippen molar-refractivity contribution in [3.8, 4) is 11.6 Å². The molecular weight excluding hydrogens is 354 g/mol. The quantitative estimate of drug-likeness (QED) is 0.480. The van der Waals surface area contributed by atoms with Gasteiger partial charge in [0.15, 0.2) is 0 Å². The summed E-state index contributed by atoms with van der Waals surface area (Å²) in [5.41, 5.74) is 3.93. The Morgan fingerprint density at radius 1 is 1.00 bits per heavy atom. The molecule has 0 aliphatic carbocycles. The molecule has 0 bridgehead atoms. The van der Waals surface area contributed by atoms with Gasteiger partial charge in [0.25, 0.3) is 0 Å². The third-order valence-electron chi connectivity index (χ3n) is 4.30. The standard InChI is InChI=1S/C20H15N7O/c1-13-9-16(6-8-21-13)28-18-11-23-19-20(24-18)27(26-25-19)12-14-4-5-17-15(10-14)3-2-7-22-17/h2-11H,12H2,1H3. The van der Waals surface area contributed by atoms with Crippen LogP contribution in [-0.2, 0) is 6.54 Å². The number of hydrogen-bond acceptors (Lipinski definition) is 7. The van der Waals surface area contributed by atoms with Crippen molar-refractivity contribution in [2.45, 2.75) is 13.5 Å². The number of nitrogens with zero attached hydrogens (tertiary/aromatic N) is 7. The summed E-state index contributed by atoms with van der Waals surface area (Å²) in [4.78, 5) is 17.4. The highest BCUT2D eigenvalue weighted by atomic mass is 16.5. The predicted octanol–water partition coefficient (Wildman–Crippen LogP) is 3.31. The highest BCUT2D eigenvalue weighted by Crippen LogP contribution is 2.21. The van der Waals surface area contributed by atoms with Crippen LogP contribution in [0.3, 0.4) is 0 Å². The number of hydrogen-bond donors (Lipinski definition) is 0. The third kappa shape index (κ3) is 3.11.